The molecular weight excluding hydrogens is 673 g/mol. The van der Waals surface area contributed by atoms with E-state index in [1.807, 2.05) is 12.2 Å². The van der Waals surface area contributed by atoms with E-state index in [4.69, 9.17) is 18.9 Å². The second-order valence-electron chi connectivity index (χ2n) is 11.7. The van der Waals surface area contributed by atoms with Crippen molar-refractivity contribution >= 4 is 17.8 Å². The SMILES string of the molecule is CC(C)OC(=O)CCC/C=C\C[C@@H]1[C@@H](/C=C/[C@H](COc2cccc(C(F)(F)F)c2)OC(=O)CCNC(=O)COCCO[N+](=O)[O-])[C@H](O)C[C@@H]1O. The smallest absolute Gasteiger partial charge is 0.416 e. The quantitative estimate of drug-likeness (QED) is 0.0518. The average Bonchev–Trinajstić information content (AvgIpc) is 3.30. The summed E-state index contributed by atoms with van der Waals surface area (Å²) in [6.07, 6.45) is 0.756. The van der Waals surface area contributed by atoms with Crippen LogP contribution in [0.2, 0.25) is 0 Å². The van der Waals surface area contributed by atoms with Gasteiger partial charge < -0.3 is 39.3 Å². The predicted molar refractivity (Wildman–Crippen MR) is 170 cm³/mol. The molecule has 0 spiro atoms. The van der Waals surface area contributed by atoms with Gasteiger partial charge in [0.2, 0.25) is 5.91 Å². The van der Waals surface area contributed by atoms with Crippen molar-refractivity contribution in [2.24, 2.45) is 11.8 Å². The van der Waals surface area contributed by atoms with Gasteiger partial charge in [0, 0.05) is 25.3 Å². The molecule has 1 aliphatic carbocycles. The van der Waals surface area contributed by atoms with Gasteiger partial charge in [-0.25, -0.2) is 0 Å². The summed E-state index contributed by atoms with van der Waals surface area (Å²) in [6, 6.07) is 4.16. The minimum absolute atomic E-state index is 0.103. The third-order valence-corrected chi connectivity index (χ3v) is 7.32. The van der Waals surface area contributed by atoms with Crippen molar-refractivity contribution in [3.8, 4) is 5.75 Å². The molecule has 0 radical (unpaired) electrons. The van der Waals surface area contributed by atoms with E-state index >= 15 is 0 Å². The van der Waals surface area contributed by atoms with Gasteiger partial charge in [0.05, 0.1) is 36.9 Å². The van der Waals surface area contributed by atoms with Gasteiger partial charge in [0.1, 0.15) is 25.6 Å². The zero-order chi connectivity index (χ0) is 37.1. The monoisotopic (exact) mass is 718 g/mol. The van der Waals surface area contributed by atoms with Gasteiger partial charge in [-0.2, -0.15) is 13.2 Å². The molecule has 0 aliphatic heterocycles. The zero-order valence-corrected chi connectivity index (χ0v) is 27.9. The topological polar surface area (TPSA) is 193 Å². The molecule has 1 amide bonds. The third-order valence-electron chi connectivity index (χ3n) is 7.32. The van der Waals surface area contributed by atoms with E-state index in [1.54, 1.807) is 19.9 Å². The van der Waals surface area contributed by atoms with Gasteiger partial charge in [-0.15, -0.1) is 10.1 Å². The summed E-state index contributed by atoms with van der Waals surface area (Å²) >= 11 is 0. The number of aliphatic hydroxyl groups excluding tert-OH is 2. The Hall–Kier alpha value is -4.22. The maximum absolute atomic E-state index is 13.2. The minimum Gasteiger partial charge on any atom is -0.489 e. The maximum atomic E-state index is 13.2. The molecule has 1 aromatic rings. The van der Waals surface area contributed by atoms with E-state index in [0.29, 0.717) is 19.3 Å². The first kappa shape index (κ1) is 41.9. The van der Waals surface area contributed by atoms with Crippen LogP contribution in [-0.4, -0.2) is 90.5 Å². The Kier molecular flexibility index (Phi) is 18.3. The molecule has 0 saturated heterocycles. The van der Waals surface area contributed by atoms with E-state index in [0.717, 1.165) is 12.1 Å². The van der Waals surface area contributed by atoms with Crippen LogP contribution in [0.3, 0.4) is 0 Å². The van der Waals surface area contributed by atoms with Gasteiger partial charge in [0.15, 0.2) is 6.10 Å². The second kappa shape index (κ2) is 21.8. The van der Waals surface area contributed by atoms with E-state index < -0.39 is 65.5 Å². The molecule has 1 aliphatic rings. The Morgan fingerprint density at radius 2 is 1.82 bits per heavy atom. The summed E-state index contributed by atoms with van der Waals surface area (Å²) in [7, 11) is 0. The minimum atomic E-state index is -4.61. The highest BCUT2D eigenvalue weighted by Crippen LogP contribution is 2.36. The number of hydrogen-bond acceptors (Lipinski definition) is 12. The third kappa shape index (κ3) is 16.9. The van der Waals surface area contributed by atoms with Crippen LogP contribution in [0.5, 0.6) is 5.75 Å². The van der Waals surface area contributed by atoms with Crippen molar-refractivity contribution in [3.05, 3.63) is 64.2 Å². The fourth-order valence-electron chi connectivity index (χ4n) is 5.00. The number of nitrogens with zero attached hydrogens (tertiary/aromatic N) is 1. The highest BCUT2D eigenvalue weighted by atomic mass is 19.4. The maximum Gasteiger partial charge on any atom is 0.416 e. The van der Waals surface area contributed by atoms with Gasteiger partial charge in [-0.1, -0.05) is 24.3 Å². The van der Waals surface area contributed by atoms with Gasteiger partial charge >= 0.3 is 18.1 Å². The number of halogens is 3. The number of hydrogen-bond donors (Lipinski definition) is 3. The molecule has 1 aromatic carbocycles. The van der Waals surface area contributed by atoms with Crippen molar-refractivity contribution in [1.29, 1.82) is 0 Å². The summed E-state index contributed by atoms with van der Waals surface area (Å²) in [6.45, 7) is 1.99. The molecule has 0 aromatic heterocycles. The van der Waals surface area contributed by atoms with E-state index in [9.17, 15) is 47.9 Å². The van der Waals surface area contributed by atoms with Crippen molar-refractivity contribution < 1.29 is 66.6 Å². The van der Waals surface area contributed by atoms with Crippen molar-refractivity contribution in [1.82, 2.24) is 5.32 Å². The number of carbonyl (C=O) groups is 3. The molecule has 0 unspecified atom stereocenters. The zero-order valence-electron chi connectivity index (χ0n) is 27.9. The molecule has 280 valence electrons. The lowest BCUT2D eigenvalue weighted by molar-refractivity contribution is -0.758. The largest absolute Gasteiger partial charge is 0.489 e. The normalized spacial score (nSPS) is 19.8. The lowest BCUT2D eigenvalue weighted by Crippen LogP contribution is -2.31. The van der Waals surface area contributed by atoms with Crippen LogP contribution in [0.1, 0.15) is 57.9 Å². The molecule has 14 nitrogen and oxygen atoms in total. The van der Waals surface area contributed by atoms with Crippen LogP contribution in [-0.2, 0) is 39.6 Å². The molecule has 0 bridgehead atoms. The Balaban J connectivity index is 2.01. The van der Waals surface area contributed by atoms with Crippen LogP contribution >= 0.6 is 0 Å². The first-order valence-corrected chi connectivity index (χ1v) is 16.2. The molecule has 1 saturated carbocycles. The van der Waals surface area contributed by atoms with Crippen LogP contribution in [0.4, 0.5) is 13.2 Å². The molecule has 5 atom stereocenters. The molecular formula is C33H45F3N2O12. The Morgan fingerprint density at radius 1 is 1.08 bits per heavy atom. The molecule has 1 fully saturated rings. The van der Waals surface area contributed by atoms with E-state index in [-0.39, 0.29) is 63.5 Å². The van der Waals surface area contributed by atoms with Crippen molar-refractivity contribution in [2.45, 2.75) is 83.0 Å². The molecule has 2 rings (SSSR count). The summed E-state index contributed by atoms with van der Waals surface area (Å²) in [5, 5.41) is 32.8. The summed E-state index contributed by atoms with van der Waals surface area (Å²) < 4.78 is 60.6. The lowest BCUT2D eigenvalue weighted by atomic mass is 9.89. The number of amides is 1. The number of carbonyl (C=O) groups excluding carboxylic acids is 3. The Labute approximate surface area is 287 Å². The Bertz CT molecular complexity index is 1290. The Morgan fingerprint density at radius 3 is 2.52 bits per heavy atom. The lowest BCUT2D eigenvalue weighted by Gasteiger charge is -2.21. The average molecular weight is 719 g/mol. The molecule has 3 N–H and O–H groups in total. The molecule has 17 heteroatoms. The standard InChI is InChI=1S/C33H45F3N2O12/c1-22(2)49-31(42)11-6-4-3-5-10-26-27(29(40)19-28(26)39)13-12-25(20-47-24-9-7-8-23(18-24)33(34,35)36)50-32(43)14-15-37-30(41)21-46-16-17-48-38(44)45/h3,5,7-9,12-13,18,22,25-29,39-40H,4,6,10-11,14-17,19-21H2,1-2H3,(H,37,41)/b5-3-,13-12+/t25-,26-,27-,28+,29-/m1/s1. The van der Waals surface area contributed by atoms with Crippen LogP contribution in [0.25, 0.3) is 0 Å². The second-order valence-corrected chi connectivity index (χ2v) is 11.7. The summed E-state index contributed by atoms with van der Waals surface area (Å²) in [5.41, 5.74) is -0.932. The first-order valence-electron chi connectivity index (χ1n) is 16.2. The van der Waals surface area contributed by atoms with Gasteiger partial charge in [-0.3, -0.25) is 14.4 Å². The predicted octanol–water partition coefficient (Wildman–Crippen LogP) is 3.71. The highest BCUT2D eigenvalue weighted by Gasteiger charge is 2.39. The van der Waals surface area contributed by atoms with Crippen LogP contribution in [0.15, 0.2) is 48.6 Å². The van der Waals surface area contributed by atoms with Crippen molar-refractivity contribution in [3.63, 3.8) is 0 Å². The number of allylic oxidation sites excluding steroid dienone is 2. The first-order chi connectivity index (χ1) is 23.6. The van der Waals surface area contributed by atoms with Crippen LogP contribution < -0.4 is 10.1 Å². The van der Waals surface area contributed by atoms with Crippen molar-refractivity contribution in [2.75, 3.05) is 33.0 Å². The molecule has 50 heavy (non-hydrogen) atoms. The summed E-state index contributed by atoms with van der Waals surface area (Å²) in [5.74, 6) is -2.74. The number of rotatable bonds is 22. The number of nitrogens with one attached hydrogen (secondary N) is 1. The van der Waals surface area contributed by atoms with Gasteiger partial charge in [-0.05, 0) is 63.3 Å². The fourth-order valence-corrected chi connectivity index (χ4v) is 5.00. The fraction of sp³-hybridized carbons (Fsp3) is 0.606. The van der Waals surface area contributed by atoms with E-state index in [1.165, 1.54) is 18.2 Å². The number of unbranched alkanes of at least 4 members (excludes halogenated alkanes) is 1. The highest BCUT2D eigenvalue weighted by molar-refractivity contribution is 5.78. The van der Waals surface area contributed by atoms with Gasteiger partial charge in [0.25, 0.3) is 5.09 Å². The number of benzene rings is 1. The van der Waals surface area contributed by atoms with E-state index in [2.05, 4.69) is 10.2 Å². The number of ether oxygens (including phenoxy) is 4. The number of esters is 2. The number of aliphatic hydroxyl groups is 2. The van der Waals surface area contributed by atoms with Crippen LogP contribution in [0, 0.1) is 22.0 Å². The summed E-state index contributed by atoms with van der Waals surface area (Å²) in [4.78, 5) is 50.4. The number of alkyl halides is 3. The molecule has 0 heterocycles.